The van der Waals surface area contributed by atoms with Crippen molar-refractivity contribution < 1.29 is 0 Å². The molecule has 8 aromatic rings. The highest BCUT2D eigenvalue weighted by molar-refractivity contribution is 6.12. The molecule has 56 heavy (non-hydrogen) atoms. The molecule has 0 radical (unpaired) electrons. The molecule has 0 unspecified atom stereocenters. The Labute approximate surface area is 332 Å². The second-order valence-corrected chi connectivity index (χ2v) is 19.8. The van der Waals surface area contributed by atoms with Gasteiger partial charge in [-0.05, 0) is 122 Å². The van der Waals surface area contributed by atoms with E-state index in [9.17, 15) is 5.26 Å². The van der Waals surface area contributed by atoms with Crippen molar-refractivity contribution in [2.24, 2.45) is 0 Å². The Balaban J connectivity index is 1.50. The van der Waals surface area contributed by atoms with Crippen molar-refractivity contribution in [2.75, 3.05) is 0 Å². The molecule has 0 saturated heterocycles. The topological polar surface area (TPSA) is 46.5 Å². The van der Waals surface area contributed by atoms with Gasteiger partial charge in [0.15, 0.2) is 0 Å². The van der Waals surface area contributed by atoms with E-state index in [2.05, 4.69) is 200 Å². The summed E-state index contributed by atoms with van der Waals surface area (Å²) >= 11 is 0. The van der Waals surface area contributed by atoms with Crippen LogP contribution in [0.2, 0.25) is 0 Å². The Hall–Kier alpha value is -5.66. The van der Waals surface area contributed by atoms with Gasteiger partial charge in [0.05, 0.1) is 39.0 Å². The predicted octanol–water partition coefficient (Wildman–Crippen LogP) is 14.0. The van der Waals surface area contributed by atoms with Crippen molar-refractivity contribution >= 4 is 43.6 Å². The van der Waals surface area contributed by atoms with E-state index >= 15 is 0 Å². The third-order valence-electron chi connectivity index (χ3n) is 11.7. The standard InChI is InChI=1S/C52H54N4/c1-49(2,3)34-13-17-43-39(26-34)40-27-35(50(4,5)6)14-18-44(40)55(43)47-30-38(32-21-23-54-24-22-32)48(25-33(47)31-53)56-45-19-15-36(51(7,8)9)28-41(45)42-29-37(52(10,11)12)16-20-46(42)56/h13-30H,1-12H3. The summed E-state index contributed by atoms with van der Waals surface area (Å²) in [6, 6.07) is 38.7. The predicted molar refractivity (Wildman–Crippen MR) is 238 cm³/mol. The molecule has 0 bridgehead atoms. The molecular formula is C52H54N4. The number of aromatic nitrogens is 3. The highest BCUT2D eigenvalue weighted by Crippen LogP contribution is 2.43. The number of rotatable bonds is 3. The van der Waals surface area contributed by atoms with Gasteiger partial charge in [0, 0.05) is 39.5 Å². The first-order valence-corrected chi connectivity index (χ1v) is 19.9. The summed E-state index contributed by atoms with van der Waals surface area (Å²) in [6.07, 6.45) is 3.72. The molecule has 8 rings (SSSR count). The third-order valence-corrected chi connectivity index (χ3v) is 11.7. The number of pyridine rings is 1. The fraction of sp³-hybridized carbons (Fsp3) is 0.308. The average molecular weight is 735 g/mol. The van der Waals surface area contributed by atoms with E-state index in [1.807, 2.05) is 12.4 Å². The zero-order valence-electron chi connectivity index (χ0n) is 35.2. The van der Waals surface area contributed by atoms with Gasteiger partial charge in [-0.2, -0.15) is 5.26 Å². The van der Waals surface area contributed by atoms with Gasteiger partial charge in [0.25, 0.3) is 0 Å². The lowest BCUT2D eigenvalue weighted by Gasteiger charge is -2.21. The van der Waals surface area contributed by atoms with E-state index in [1.165, 1.54) is 43.8 Å². The molecule has 4 nitrogen and oxygen atoms in total. The first-order chi connectivity index (χ1) is 26.3. The second-order valence-electron chi connectivity index (χ2n) is 19.8. The van der Waals surface area contributed by atoms with Crippen LogP contribution in [0, 0.1) is 11.3 Å². The minimum atomic E-state index is -0.0121. The highest BCUT2D eigenvalue weighted by atomic mass is 15.0. The van der Waals surface area contributed by atoms with Gasteiger partial charge in [-0.15, -0.1) is 0 Å². The van der Waals surface area contributed by atoms with Gasteiger partial charge in [-0.25, -0.2) is 0 Å². The van der Waals surface area contributed by atoms with E-state index in [-0.39, 0.29) is 21.7 Å². The molecule has 0 aliphatic heterocycles. The molecule has 5 aromatic carbocycles. The molecule has 0 amide bonds. The number of benzene rings is 5. The Morgan fingerprint density at radius 3 is 1.09 bits per heavy atom. The first kappa shape index (κ1) is 37.3. The van der Waals surface area contributed by atoms with E-state index in [4.69, 9.17) is 0 Å². The van der Waals surface area contributed by atoms with Crippen LogP contribution in [0.5, 0.6) is 0 Å². The molecule has 3 heterocycles. The lowest BCUT2D eigenvalue weighted by Crippen LogP contribution is -2.10. The van der Waals surface area contributed by atoms with Gasteiger partial charge >= 0.3 is 0 Å². The quantitative estimate of drug-likeness (QED) is 0.181. The van der Waals surface area contributed by atoms with Crippen molar-refractivity contribution in [3.8, 4) is 28.6 Å². The summed E-state index contributed by atoms with van der Waals surface area (Å²) in [6.45, 7) is 27.2. The van der Waals surface area contributed by atoms with Crippen LogP contribution < -0.4 is 0 Å². The van der Waals surface area contributed by atoms with Crippen LogP contribution in [0.25, 0.3) is 66.1 Å². The van der Waals surface area contributed by atoms with Gasteiger partial charge < -0.3 is 9.13 Å². The summed E-state index contributed by atoms with van der Waals surface area (Å²) in [7, 11) is 0. The Kier molecular flexibility index (Phi) is 8.44. The van der Waals surface area contributed by atoms with Crippen LogP contribution in [0.15, 0.2) is 109 Å². The summed E-state index contributed by atoms with van der Waals surface area (Å²) < 4.78 is 4.69. The molecule has 0 fully saturated rings. The van der Waals surface area contributed by atoms with Crippen molar-refractivity contribution in [1.29, 1.82) is 5.26 Å². The van der Waals surface area contributed by atoms with Gasteiger partial charge in [-0.1, -0.05) is 107 Å². The molecule has 3 aromatic heterocycles. The minimum Gasteiger partial charge on any atom is -0.309 e. The Morgan fingerprint density at radius 1 is 0.429 bits per heavy atom. The maximum Gasteiger partial charge on any atom is 0.101 e. The summed E-state index contributed by atoms with van der Waals surface area (Å²) in [5.74, 6) is 0. The number of nitriles is 1. The Morgan fingerprint density at radius 2 is 0.768 bits per heavy atom. The number of fused-ring (bicyclic) bond motifs is 6. The van der Waals surface area contributed by atoms with Crippen molar-refractivity contribution in [2.45, 2.75) is 105 Å². The molecule has 0 N–H and O–H groups in total. The van der Waals surface area contributed by atoms with Crippen LogP contribution in [0.1, 0.15) is 111 Å². The molecule has 0 aliphatic carbocycles. The molecule has 0 spiro atoms. The lowest BCUT2D eigenvalue weighted by atomic mass is 9.85. The van der Waals surface area contributed by atoms with Crippen LogP contribution in [-0.2, 0) is 21.7 Å². The largest absolute Gasteiger partial charge is 0.309 e. The zero-order chi connectivity index (χ0) is 40.1. The molecule has 0 saturated carbocycles. The van der Waals surface area contributed by atoms with Gasteiger partial charge in [0.2, 0.25) is 0 Å². The molecule has 0 atom stereocenters. The fourth-order valence-corrected chi connectivity index (χ4v) is 8.23. The molecule has 282 valence electrons. The normalized spacial score (nSPS) is 13.0. The molecular weight excluding hydrogens is 681 g/mol. The maximum atomic E-state index is 11.1. The number of hydrogen-bond donors (Lipinski definition) is 0. The Bertz CT molecular complexity index is 2740. The molecule has 4 heteroatoms. The highest BCUT2D eigenvalue weighted by Gasteiger charge is 2.26. The van der Waals surface area contributed by atoms with Crippen molar-refractivity contribution in [3.05, 3.63) is 137 Å². The monoisotopic (exact) mass is 734 g/mol. The van der Waals surface area contributed by atoms with E-state index in [1.54, 1.807) is 0 Å². The van der Waals surface area contributed by atoms with E-state index in [0.717, 1.165) is 44.6 Å². The van der Waals surface area contributed by atoms with Gasteiger partial charge in [-0.3, -0.25) is 4.98 Å². The van der Waals surface area contributed by atoms with Crippen LogP contribution in [0.4, 0.5) is 0 Å². The summed E-state index contributed by atoms with van der Waals surface area (Å²) in [4.78, 5) is 4.41. The fourth-order valence-electron chi connectivity index (χ4n) is 8.23. The van der Waals surface area contributed by atoms with Crippen LogP contribution in [-0.4, -0.2) is 14.1 Å². The van der Waals surface area contributed by atoms with Crippen LogP contribution >= 0.6 is 0 Å². The van der Waals surface area contributed by atoms with Crippen molar-refractivity contribution in [1.82, 2.24) is 14.1 Å². The smallest absolute Gasteiger partial charge is 0.101 e. The average Bonchev–Trinajstić information content (AvgIpc) is 3.64. The van der Waals surface area contributed by atoms with Gasteiger partial charge in [0.1, 0.15) is 6.07 Å². The molecule has 0 aliphatic rings. The third kappa shape index (κ3) is 6.19. The SMILES string of the molecule is CC(C)(C)c1ccc2c(c1)c1cc(C(C)(C)C)ccc1n2-c1cc(-c2ccncc2)c(-n2c3ccc(C(C)(C)C)cc3c3cc(C(C)(C)C)ccc32)cc1C#N. The lowest BCUT2D eigenvalue weighted by molar-refractivity contribution is 0.590. The summed E-state index contributed by atoms with van der Waals surface area (Å²) in [5.41, 5.74) is 14.1. The minimum absolute atomic E-state index is 0.00826. The van der Waals surface area contributed by atoms with Crippen LogP contribution in [0.3, 0.4) is 0 Å². The second kappa shape index (κ2) is 12.7. The number of nitrogens with zero attached hydrogens (tertiary/aromatic N) is 4. The first-order valence-electron chi connectivity index (χ1n) is 19.9. The van der Waals surface area contributed by atoms with E-state index in [0.29, 0.717) is 5.56 Å². The zero-order valence-corrected chi connectivity index (χ0v) is 35.2. The van der Waals surface area contributed by atoms with E-state index < -0.39 is 0 Å². The number of hydrogen-bond acceptors (Lipinski definition) is 2. The summed E-state index contributed by atoms with van der Waals surface area (Å²) in [5, 5.41) is 16.0. The van der Waals surface area contributed by atoms with Crippen molar-refractivity contribution in [3.63, 3.8) is 0 Å². The maximum absolute atomic E-state index is 11.1.